The third-order valence-corrected chi connectivity index (χ3v) is 4.11. The highest BCUT2D eigenvalue weighted by molar-refractivity contribution is 6.30. The van der Waals surface area contributed by atoms with Crippen molar-refractivity contribution in [3.63, 3.8) is 0 Å². The number of amides is 1. The van der Waals surface area contributed by atoms with Crippen molar-refractivity contribution in [2.75, 3.05) is 18.5 Å². The van der Waals surface area contributed by atoms with Crippen molar-refractivity contribution < 1.29 is 4.79 Å². The van der Waals surface area contributed by atoms with E-state index < -0.39 is 0 Å². The van der Waals surface area contributed by atoms with E-state index >= 15 is 0 Å². The maximum Gasteiger partial charge on any atom is 0.228 e. The van der Waals surface area contributed by atoms with Gasteiger partial charge >= 0.3 is 0 Å². The van der Waals surface area contributed by atoms with E-state index in [1.54, 1.807) is 4.90 Å². The summed E-state index contributed by atoms with van der Waals surface area (Å²) in [7, 11) is 1.82. The van der Waals surface area contributed by atoms with Crippen LogP contribution in [0.15, 0.2) is 47.5 Å². The average molecular weight is 313 g/mol. The predicted octanol–water partition coefficient (Wildman–Crippen LogP) is 3.85. The van der Waals surface area contributed by atoms with Crippen LogP contribution in [0, 0.1) is 6.92 Å². The summed E-state index contributed by atoms with van der Waals surface area (Å²) < 4.78 is 0. The van der Waals surface area contributed by atoms with Crippen LogP contribution in [-0.2, 0) is 4.79 Å². The van der Waals surface area contributed by atoms with Gasteiger partial charge in [0, 0.05) is 36.2 Å². The first-order valence-corrected chi connectivity index (χ1v) is 7.62. The highest BCUT2D eigenvalue weighted by Crippen LogP contribution is 2.27. The van der Waals surface area contributed by atoms with Crippen molar-refractivity contribution >= 4 is 28.9 Å². The van der Waals surface area contributed by atoms with Crippen LogP contribution in [0.3, 0.4) is 0 Å². The van der Waals surface area contributed by atoms with Crippen molar-refractivity contribution in [3.05, 3.63) is 64.2 Å². The summed E-state index contributed by atoms with van der Waals surface area (Å²) in [5.74, 6) is 0.0870. The molecule has 0 unspecified atom stereocenters. The van der Waals surface area contributed by atoms with Gasteiger partial charge in [-0.1, -0.05) is 35.4 Å². The largest absolute Gasteiger partial charge is 0.315 e. The molecule has 1 heterocycles. The summed E-state index contributed by atoms with van der Waals surface area (Å²) in [5.41, 5.74) is 4.94. The van der Waals surface area contributed by atoms with E-state index in [2.05, 4.69) is 11.1 Å². The number of carbonyl (C=O) groups is 1. The number of nitrogens with zero attached hydrogens (tertiary/aromatic N) is 2. The van der Waals surface area contributed by atoms with E-state index in [0.29, 0.717) is 18.0 Å². The first-order chi connectivity index (χ1) is 10.6. The lowest BCUT2D eigenvalue weighted by Gasteiger charge is -2.24. The second-order valence-corrected chi connectivity index (χ2v) is 5.90. The van der Waals surface area contributed by atoms with Crippen LogP contribution in [0.4, 0.5) is 5.69 Å². The minimum absolute atomic E-state index is 0.0870. The van der Waals surface area contributed by atoms with Gasteiger partial charge in [-0.25, -0.2) is 0 Å². The molecular weight excluding hydrogens is 296 g/mol. The fourth-order valence-corrected chi connectivity index (χ4v) is 2.76. The van der Waals surface area contributed by atoms with Crippen LogP contribution in [0.2, 0.25) is 5.02 Å². The van der Waals surface area contributed by atoms with E-state index in [-0.39, 0.29) is 5.91 Å². The molecule has 4 heteroatoms. The topological polar surface area (TPSA) is 32.7 Å². The Labute approximate surface area is 135 Å². The van der Waals surface area contributed by atoms with Crippen LogP contribution < -0.4 is 4.90 Å². The lowest BCUT2D eigenvalue weighted by atomic mass is 9.97. The van der Waals surface area contributed by atoms with Crippen molar-refractivity contribution in [1.29, 1.82) is 0 Å². The van der Waals surface area contributed by atoms with Crippen molar-refractivity contribution in [2.24, 2.45) is 4.99 Å². The predicted molar refractivity (Wildman–Crippen MR) is 91.2 cm³/mol. The molecule has 3 nitrogen and oxygen atoms in total. The fraction of sp³-hybridized carbons (Fsp3) is 0.222. The number of halogens is 1. The molecule has 2 aromatic rings. The van der Waals surface area contributed by atoms with E-state index in [0.717, 1.165) is 28.1 Å². The number of fused-ring (bicyclic) bond motifs is 1. The molecule has 0 radical (unpaired) electrons. The minimum atomic E-state index is 0.0870. The number of hydrogen-bond donors (Lipinski definition) is 0. The lowest BCUT2D eigenvalue weighted by Crippen LogP contribution is -2.30. The number of hydrogen-bond acceptors (Lipinski definition) is 2. The van der Waals surface area contributed by atoms with E-state index in [1.165, 1.54) is 0 Å². The second-order valence-electron chi connectivity index (χ2n) is 5.46. The first kappa shape index (κ1) is 14.8. The molecule has 0 aliphatic carbocycles. The van der Waals surface area contributed by atoms with Gasteiger partial charge in [-0.2, -0.15) is 0 Å². The average Bonchev–Trinajstić information content (AvgIpc) is 2.51. The lowest BCUT2D eigenvalue weighted by molar-refractivity contribution is -0.118. The van der Waals surface area contributed by atoms with Crippen molar-refractivity contribution in [2.45, 2.75) is 13.3 Å². The molecule has 0 N–H and O–H groups in total. The third-order valence-electron chi connectivity index (χ3n) is 3.86. The highest BCUT2D eigenvalue weighted by atomic mass is 35.5. The number of benzene rings is 2. The van der Waals surface area contributed by atoms with Gasteiger partial charge in [0.1, 0.15) is 0 Å². The Kier molecular flexibility index (Phi) is 3.99. The van der Waals surface area contributed by atoms with Crippen LogP contribution in [-0.4, -0.2) is 25.2 Å². The summed E-state index contributed by atoms with van der Waals surface area (Å²) in [6, 6.07) is 13.7. The number of aryl methyl sites for hydroxylation is 1. The molecule has 3 rings (SSSR count). The van der Waals surface area contributed by atoms with E-state index in [9.17, 15) is 4.79 Å². The molecule has 1 aliphatic heterocycles. The Morgan fingerprint density at radius 3 is 2.59 bits per heavy atom. The number of rotatable bonds is 1. The van der Waals surface area contributed by atoms with Crippen molar-refractivity contribution in [3.8, 4) is 0 Å². The van der Waals surface area contributed by atoms with E-state index in [1.807, 2.05) is 50.4 Å². The van der Waals surface area contributed by atoms with Gasteiger partial charge < -0.3 is 4.90 Å². The van der Waals surface area contributed by atoms with Gasteiger partial charge in [-0.15, -0.1) is 0 Å². The minimum Gasteiger partial charge on any atom is -0.315 e. The Morgan fingerprint density at radius 2 is 1.86 bits per heavy atom. The smallest absolute Gasteiger partial charge is 0.228 e. The summed E-state index contributed by atoms with van der Waals surface area (Å²) >= 11 is 5.98. The van der Waals surface area contributed by atoms with Gasteiger partial charge in [-0.3, -0.25) is 9.79 Å². The quantitative estimate of drug-likeness (QED) is 0.787. The zero-order valence-corrected chi connectivity index (χ0v) is 13.4. The Morgan fingerprint density at radius 1 is 1.14 bits per heavy atom. The molecule has 0 bridgehead atoms. The molecule has 0 aromatic heterocycles. The molecule has 1 amide bonds. The Balaban J connectivity index is 2.19. The molecule has 0 saturated carbocycles. The summed E-state index contributed by atoms with van der Waals surface area (Å²) in [5, 5.41) is 0.701. The van der Waals surface area contributed by atoms with Crippen molar-refractivity contribution in [1.82, 2.24) is 0 Å². The number of anilines is 1. The zero-order chi connectivity index (χ0) is 15.7. The first-order valence-electron chi connectivity index (χ1n) is 7.24. The Bertz CT molecular complexity index is 750. The van der Waals surface area contributed by atoms with Gasteiger partial charge in [0.15, 0.2) is 0 Å². The maximum atomic E-state index is 12.1. The van der Waals surface area contributed by atoms with Crippen LogP contribution in [0.1, 0.15) is 23.1 Å². The number of aliphatic imine (C=N–C) groups is 1. The number of carbonyl (C=O) groups excluding carboxylic acids is 1. The standard InChI is InChI=1S/C18H17ClN2O/c1-12-3-8-16-15(11-12)18(13-4-6-14(19)7-5-13)20-10-9-17(22)21(16)2/h3-8,11H,9-10H2,1-2H3. The Hall–Kier alpha value is -2.13. The summed E-state index contributed by atoms with van der Waals surface area (Å²) in [6.45, 7) is 2.54. The van der Waals surface area contributed by atoms with Gasteiger partial charge in [-0.05, 0) is 31.2 Å². The van der Waals surface area contributed by atoms with Gasteiger partial charge in [0.25, 0.3) is 0 Å². The van der Waals surface area contributed by atoms with Crippen LogP contribution in [0.5, 0.6) is 0 Å². The summed E-state index contributed by atoms with van der Waals surface area (Å²) in [6.07, 6.45) is 0.418. The second kappa shape index (κ2) is 5.93. The SMILES string of the molecule is Cc1ccc2c(c1)C(c1ccc(Cl)cc1)=NCCC(=O)N2C. The molecule has 0 fully saturated rings. The van der Waals surface area contributed by atoms with Crippen LogP contribution >= 0.6 is 11.6 Å². The maximum absolute atomic E-state index is 12.1. The highest BCUT2D eigenvalue weighted by Gasteiger charge is 2.21. The zero-order valence-electron chi connectivity index (χ0n) is 12.6. The molecule has 0 atom stereocenters. The molecular formula is C18H17ClN2O. The fourth-order valence-electron chi connectivity index (χ4n) is 2.64. The van der Waals surface area contributed by atoms with E-state index in [4.69, 9.17) is 11.6 Å². The molecule has 112 valence electrons. The van der Waals surface area contributed by atoms with Gasteiger partial charge in [0.05, 0.1) is 11.4 Å². The monoisotopic (exact) mass is 312 g/mol. The molecule has 1 aliphatic rings. The molecule has 0 saturated heterocycles. The van der Waals surface area contributed by atoms with Crippen LogP contribution in [0.25, 0.3) is 0 Å². The normalized spacial score (nSPS) is 15.0. The molecule has 2 aromatic carbocycles. The van der Waals surface area contributed by atoms with Gasteiger partial charge in [0.2, 0.25) is 5.91 Å². The molecule has 0 spiro atoms. The molecule has 22 heavy (non-hydrogen) atoms. The third kappa shape index (κ3) is 2.77. The summed E-state index contributed by atoms with van der Waals surface area (Å²) in [4.78, 5) is 18.5.